The van der Waals surface area contributed by atoms with Crippen molar-refractivity contribution >= 4 is 0 Å². The van der Waals surface area contributed by atoms with E-state index in [9.17, 15) is 0 Å². The molecule has 0 heterocycles. The van der Waals surface area contributed by atoms with Crippen molar-refractivity contribution in [2.45, 2.75) is 59.3 Å². The molecule has 2 heteroatoms. The van der Waals surface area contributed by atoms with Gasteiger partial charge in [0.2, 0.25) is 0 Å². The molecule has 1 aromatic carbocycles. The fraction of sp³-hybridized carbons (Fsp3) is 0.625. The largest absolute Gasteiger partial charge is 0.369 e. The van der Waals surface area contributed by atoms with Gasteiger partial charge in [-0.25, -0.2) is 0 Å². The van der Waals surface area contributed by atoms with Crippen LogP contribution in [0, 0.1) is 6.92 Å². The third kappa shape index (κ3) is 5.19. The molecule has 0 saturated carbocycles. The van der Waals surface area contributed by atoms with Gasteiger partial charge in [-0.1, -0.05) is 50.6 Å². The lowest BCUT2D eigenvalue weighted by atomic mass is 10.1. The Morgan fingerprint density at radius 3 is 2.22 bits per heavy atom. The zero-order valence-corrected chi connectivity index (χ0v) is 12.4. The highest BCUT2D eigenvalue weighted by molar-refractivity contribution is 5.23. The molecule has 0 fully saturated rings. The summed E-state index contributed by atoms with van der Waals surface area (Å²) in [5.41, 5.74) is 2.55. The zero-order chi connectivity index (χ0) is 13.5. The number of hydrogen-bond donors (Lipinski definition) is 1. The van der Waals surface area contributed by atoms with Crippen LogP contribution < -0.4 is 5.32 Å². The summed E-state index contributed by atoms with van der Waals surface area (Å²) in [6, 6.07) is 9.13. The lowest BCUT2D eigenvalue weighted by molar-refractivity contribution is -0.00537. The average Bonchev–Trinajstić information content (AvgIpc) is 2.35. The van der Waals surface area contributed by atoms with E-state index < -0.39 is 0 Å². The first-order valence-corrected chi connectivity index (χ1v) is 6.98. The molecule has 0 aliphatic rings. The van der Waals surface area contributed by atoms with Crippen LogP contribution in [-0.4, -0.2) is 18.7 Å². The minimum atomic E-state index is 0.142. The summed E-state index contributed by atoms with van der Waals surface area (Å²) in [5.74, 6) is 0. The number of hydrogen-bond acceptors (Lipinski definition) is 2. The maximum Gasteiger partial charge on any atom is 0.0952 e. The number of benzene rings is 1. The minimum Gasteiger partial charge on any atom is -0.369 e. The lowest BCUT2D eigenvalue weighted by Gasteiger charge is -2.24. The monoisotopic (exact) mass is 249 g/mol. The van der Waals surface area contributed by atoms with E-state index in [-0.39, 0.29) is 6.10 Å². The molecule has 2 unspecified atom stereocenters. The number of rotatable bonds is 7. The van der Waals surface area contributed by atoms with Gasteiger partial charge in [-0.3, -0.25) is 0 Å². The van der Waals surface area contributed by atoms with Crippen LogP contribution in [0.15, 0.2) is 24.3 Å². The molecule has 0 aliphatic heterocycles. The van der Waals surface area contributed by atoms with Crippen LogP contribution in [0.1, 0.15) is 51.3 Å². The number of aryl methyl sites for hydroxylation is 1. The quantitative estimate of drug-likeness (QED) is 0.792. The van der Waals surface area contributed by atoms with Gasteiger partial charge in [0.1, 0.15) is 0 Å². The van der Waals surface area contributed by atoms with Gasteiger partial charge in [0.15, 0.2) is 0 Å². The summed E-state index contributed by atoms with van der Waals surface area (Å²) in [4.78, 5) is 0. The molecular formula is C16H27NO. The van der Waals surface area contributed by atoms with Crippen molar-refractivity contribution in [3.63, 3.8) is 0 Å². The Morgan fingerprint density at radius 2 is 1.72 bits per heavy atom. The molecule has 0 amide bonds. The summed E-state index contributed by atoms with van der Waals surface area (Å²) < 4.78 is 6.11. The van der Waals surface area contributed by atoms with Crippen LogP contribution in [-0.2, 0) is 4.74 Å². The first kappa shape index (κ1) is 15.2. The molecule has 2 atom stereocenters. The van der Waals surface area contributed by atoms with Crippen molar-refractivity contribution in [1.82, 2.24) is 5.32 Å². The van der Waals surface area contributed by atoms with Crippen molar-refractivity contribution in [2.75, 3.05) is 6.54 Å². The van der Waals surface area contributed by atoms with E-state index in [4.69, 9.17) is 4.74 Å². The van der Waals surface area contributed by atoms with E-state index in [1.165, 1.54) is 11.1 Å². The van der Waals surface area contributed by atoms with Gasteiger partial charge < -0.3 is 10.1 Å². The third-order valence-corrected chi connectivity index (χ3v) is 3.13. The van der Waals surface area contributed by atoms with Gasteiger partial charge in [0, 0.05) is 12.6 Å². The summed E-state index contributed by atoms with van der Waals surface area (Å²) >= 11 is 0. The van der Waals surface area contributed by atoms with E-state index in [2.05, 4.69) is 64.2 Å². The Kier molecular flexibility index (Phi) is 6.37. The number of ether oxygens (including phenoxy) is 1. The predicted molar refractivity (Wildman–Crippen MR) is 77.9 cm³/mol. The van der Waals surface area contributed by atoms with E-state index in [0.29, 0.717) is 12.1 Å². The molecule has 0 bridgehead atoms. The molecular weight excluding hydrogens is 222 g/mol. The molecule has 1 aromatic rings. The fourth-order valence-electron chi connectivity index (χ4n) is 1.75. The molecule has 0 aromatic heterocycles. The number of nitrogens with one attached hydrogen (secondary N) is 1. The first-order valence-electron chi connectivity index (χ1n) is 6.98. The standard InChI is InChI=1S/C16H27NO/c1-6-14(5)18-16(11-17-12(2)3)15-9-7-13(4)8-10-15/h7-10,12,14,16-17H,6,11H2,1-5H3. The summed E-state index contributed by atoms with van der Waals surface area (Å²) in [5, 5.41) is 3.46. The Balaban J connectivity index is 2.72. The second-order valence-corrected chi connectivity index (χ2v) is 5.32. The third-order valence-electron chi connectivity index (χ3n) is 3.13. The van der Waals surface area contributed by atoms with Crippen LogP contribution in [0.2, 0.25) is 0 Å². The summed E-state index contributed by atoms with van der Waals surface area (Å²) in [7, 11) is 0. The summed E-state index contributed by atoms with van der Waals surface area (Å²) in [6.07, 6.45) is 1.48. The molecule has 1 rings (SSSR count). The van der Waals surface area contributed by atoms with Gasteiger partial charge in [-0.2, -0.15) is 0 Å². The van der Waals surface area contributed by atoms with Crippen molar-refractivity contribution in [3.05, 3.63) is 35.4 Å². The zero-order valence-electron chi connectivity index (χ0n) is 12.4. The van der Waals surface area contributed by atoms with E-state index in [1.54, 1.807) is 0 Å². The topological polar surface area (TPSA) is 21.3 Å². The fourth-order valence-corrected chi connectivity index (χ4v) is 1.75. The molecule has 2 nitrogen and oxygen atoms in total. The Bertz CT molecular complexity index is 331. The van der Waals surface area contributed by atoms with Crippen LogP contribution in [0.5, 0.6) is 0 Å². The van der Waals surface area contributed by atoms with Crippen LogP contribution in [0.3, 0.4) is 0 Å². The van der Waals surface area contributed by atoms with Gasteiger partial charge in [0.25, 0.3) is 0 Å². The van der Waals surface area contributed by atoms with Crippen molar-refractivity contribution < 1.29 is 4.74 Å². The molecule has 0 aliphatic carbocycles. The van der Waals surface area contributed by atoms with Crippen molar-refractivity contribution in [2.24, 2.45) is 0 Å². The molecule has 0 saturated heterocycles. The van der Waals surface area contributed by atoms with Crippen LogP contribution in [0.4, 0.5) is 0 Å². The lowest BCUT2D eigenvalue weighted by Crippen LogP contribution is -2.30. The maximum atomic E-state index is 6.11. The van der Waals surface area contributed by atoms with E-state index >= 15 is 0 Å². The molecule has 0 radical (unpaired) electrons. The first-order chi connectivity index (χ1) is 8.52. The van der Waals surface area contributed by atoms with E-state index in [1.807, 2.05) is 0 Å². The Morgan fingerprint density at radius 1 is 1.11 bits per heavy atom. The van der Waals surface area contributed by atoms with E-state index in [0.717, 1.165) is 13.0 Å². The van der Waals surface area contributed by atoms with Gasteiger partial charge in [-0.05, 0) is 25.8 Å². The van der Waals surface area contributed by atoms with Gasteiger partial charge in [-0.15, -0.1) is 0 Å². The molecule has 0 spiro atoms. The van der Waals surface area contributed by atoms with Crippen LogP contribution in [0.25, 0.3) is 0 Å². The second-order valence-electron chi connectivity index (χ2n) is 5.32. The highest BCUT2D eigenvalue weighted by atomic mass is 16.5. The Hall–Kier alpha value is -0.860. The Labute approximate surface area is 112 Å². The van der Waals surface area contributed by atoms with Gasteiger partial charge >= 0.3 is 0 Å². The van der Waals surface area contributed by atoms with Crippen molar-refractivity contribution in [3.8, 4) is 0 Å². The highest BCUT2D eigenvalue weighted by Crippen LogP contribution is 2.20. The highest BCUT2D eigenvalue weighted by Gasteiger charge is 2.15. The summed E-state index contributed by atoms with van der Waals surface area (Å²) in [6.45, 7) is 11.6. The molecule has 18 heavy (non-hydrogen) atoms. The predicted octanol–water partition coefficient (Wildman–Crippen LogP) is 3.85. The SMILES string of the molecule is CCC(C)OC(CNC(C)C)c1ccc(C)cc1. The molecule has 1 N–H and O–H groups in total. The van der Waals surface area contributed by atoms with Crippen molar-refractivity contribution in [1.29, 1.82) is 0 Å². The second kappa shape index (κ2) is 7.55. The smallest absolute Gasteiger partial charge is 0.0952 e. The van der Waals surface area contributed by atoms with Gasteiger partial charge in [0.05, 0.1) is 12.2 Å². The maximum absolute atomic E-state index is 6.11. The normalized spacial score (nSPS) is 14.8. The minimum absolute atomic E-state index is 0.142. The molecule has 102 valence electrons. The van der Waals surface area contributed by atoms with Crippen LogP contribution >= 0.6 is 0 Å². The average molecular weight is 249 g/mol.